The number of nitrogens with one attached hydrogen (secondary N) is 2. The number of aromatic nitrogens is 2. The third kappa shape index (κ3) is 5.31. The molecule has 1 saturated heterocycles. The molecule has 2 unspecified atom stereocenters. The second kappa shape index (κ2) is 10.1. The normalized spacial score (nSPS) is 20.4. The lowest BCUT2D eigenvalue weighted by molar-refractivity contribution is -0.148. The molecule has 1 aliphatic heterocycles. The summed E-state index contributed by atoms with van der Waals surface area (Å²) >= 11 is 0. The van der Waals surface area contributed by atoms with Crippen LogP contribution in [0.1, 0.15) is 55.4 Å². The smallest absolute Gasteiger partial charge is 0.326 e. The second-order valence-electron chi connectivity index (χ2n) is 7.74. The minimum Gasteiger partial charge on any atom is -0.480 e. The Morgan fingerprint density at radius 2 is 1.87 bits per heavy atom. The van der Waals surface area contributed by atoms with Crippen LogP contribution < -0.4 is 10.6 Å². The van der Waals surface area contributed by atoms with E-state index in [4.69, 9.17) is 0 Å². The minimum absolute atomic E-state index is 0.0342. The number of carboxylic acids is 1. The zero-order chi connectivity index (χ0) is 21.5. The van der Waals surface area contributed by atoms with Gasteiger partial charge in [0, 0.05) is 18.9 Å². The van der Waals surface area contributed by atoms with E-state index in [1.807, 2.05) is 0 Å². The molecule has 0 spiro atoms. The first-order chi connectivity index (χ1) is 14.5. The number of hydrogen-bond acceptors (Lipinski definition) is 6. The summed E-state index contributed by atoms with van der Waals surface area (Å²) in [6, 6.07) is -1.64. The van der Waals surface area contributed by atoms with Crippen molar-refractivity contribution in [3.8, 4) is 0 Å². The van der Waals surface area contributed by atoms with E-state index < -0.39 is 35.8 Å². The Morgan fingerprint density at radius 1 is 1.10 bits per heavy atom. The van der Waals surface area contributed by atoms with Crippen molar-refractivity contribution in [3.05, 3.63) is 24.3 Å². The van der Waals surface area contributed by atoms with Crippen LogP contribution in [0.5, 0.6) is 0 Å². The van der Waals surface area contributed by atoms with Crippen molar-refractivity contribution in [2.24, 2.45) is 5.92 Å². The topological polar surface area (TPSA) is 142 Å². The fourth-order valence-electron chi connectivity index (χ4n) is 4.19. The SMILES string of the molecule is O=C(NC(C(=O)NCC(=O)N1CCCC1C(=O)O)C1CCCCC1)c1cnccn1. The van der Waals surface area contributed by atoms with Crippen LogP contribution >= 0.6 is 0 Å². The molecule has 3 amide bonds. The predicted molar refractivity (Wildman–Crippen MR) is 105 cm³/mol. The van der Waals surface area contributed by atoms with Crippen molar-refractivity contribution < 1.29 is 24.3 Å². The molecule has 1 aromatic heterocycles. The highest BCUT2D eigenvalue weighted by atomic mass is 16.4. The van der Waals surface area contributed by atoms with E-state index in [1.165, 1.54) is 23.5 Å². The lowest BCUT2D eigenvalue weighted by Gasteiger charge is -2.30. The van der Waals surface area contributed by atoms with E-state index in [-0.39, 0.29) is 18.2 Å². The molecule has 1 aromatic rings. The monoisotopic (exact) mass is 417 g/mol. The molecule has 162 valence electrons. The number of amides is 3. The number of rotatable bonds is 7. The Kier molecular flexibility index (Phi) is 7.31. The molecule has 2 aliphatic rings. The lowest BCUT2D eigenvalue weighted by atomic mass is 9.83. The molecule has 2 heterocycles. The van der Waals surface area contributed by atoms with Crippen molar-refractivity contribution in [3.63, 3.8) is 0 Å². The van der Waals surface area contributed by atoms with Gasteiger partial charge in [0.05, 0.1) is 12.7 Å². The molecule has 3 rings (SSSR count). The first-order valence-electron chi connectivity index (χ1n) is 10.3. The Balaban J connectivity index is 1.63. The highest BCUT2D eigenvalue weighted by Crippen LogP contribution is 2.27. The number of nitrogens with zero attached hydrogens (tertiary/aromatic N) is 3. The lowest BCUT2D eigenvalue weighted by Crippen LogP contribution is -2.53. The van der Waals surface area contributed by atoms with Crippen molar-refractivity contribution in [1.82, 2.24) is 25.5 Å². The van der Waals surface area contributed by atoms with Crippen molar-refractivity contribution in [2.45, 2.75) is 57.0 Å². The maximum atomic E-state index is 12.9. The third-order valence-electron chi connectivity index (χ3n) is 5.76. The highest BCUT2D eigenvalue weighted by molar-refractivity contribution is 5.97. The maximum Gasteiger partial charge on any atom is 0.326 e. The minimum atomic E-state index is -1.04. The fraction of sp³-hybridized carbons (Fsp3) is 0.600. The summed E-state index contributed by atoms with van der Waals surface area (Å²) in [5, 5.41) is 14.6. The fourth-order valence-corrected chi connectivity index (χ4v) is 4.19. The van der Waals surface area contributed by atoms with Crippen LogP contribution in [-0.4, -0.2) is 68.8 Å². The second-order valence-corrected chi connectivity index (χ2v) is 7.74. The van der Waals surface area contributed by atoms with Gasteiger partial charge in [0.15, 0.2) is 0 Å². The molecule has 30 heavy (non-hydrogen) atoms. The standard InChI is InChI=1S/C20H27N5O5/c26-16(25-10-4-7-15(25)20(29)30)12-23-19(28)17(13-5-2-1-3-6-13)24-18(27)14-11-21-8-9-22-14/h8-9,11,13,15,17H,1-7,10,12H2,(H,23,28)(H,24,27)(H,29,30). The zero-order valence-electron chi connectivity index (χ0n) is 16.7. The van der Waals surface area contributed by atoms with Crippen LogP contribution in [0.25, 0.3) is 0 Å². The van der Waals surface area contributed by atoms with E-state index in [2.05, 4.69) is 20.6 Å². The van der Waals surface area contributed by atoms with Gasteiger partial charge >= 0.3 is 5.97 Å². The Labute approximate surface area is 174 Å². The molecular weight excluding hydrogens is 390 g/mol. The Bertz CT molecular complexity index is 781. The summed E-state index contributed by atoms with van der Waals surface area (Å²) in [7, 11) is 0. The van der Waals surface area contributed by atoms with E-state index in [0.717, 1.165) is 32.1 Å². The summed E-state index contributed by atoms with van der Waals surface area (Å²) in [5.74, 6) is -2.45. The zero-order valence-corrected chi connectivity index (χ0v) is 16.7. The van der Waals surface area contributed by atoms with Crippen LogP contribution in [0.15, 0.2) is 18.6 Å². The van der Waals surface area contributed by atoms with Gasteiger partial charge in [-0.1, -0.05) is 19.3 Å². The van der Waals surface area contributed by atoms with Crippen LogP contribution in [-0.2, 0) is 14.4 Å². The molecule has 1 aliphatic carbocycles. The van der Waals surface area contributed by atoms with Gasteiger partial charge < -0.3 is 20.6 Å². The molecule has 1 saturated carbocycles. The summed E-state index contributed by atoms with van der Waals surface area (Å²) < 4.78 is 0. The third-order valence-corrected chi connectivity index (χ3v) is 5.76. The molecule has 10 heteroatoms. The summed E-state index contributed by atoms with van der Waals surface area (Å²) in [6.45, 7) is 0.0635. The average molecular weight is 417 g/mol. The first kappa shape index (κ1) is 21.7. The Hall–Kier alpha value is -3.04. The van der Waals surface area contributed by atoms with Gasteiger partial charge in [0.1, 0.15) is 17.8 Å². The van der Waals surface area contributed by atoms with Gasteiger partial charge in [-0.05, 0) is 31.6 Å². The molecular formula is C20H27N5O5. The van der Waals surface area contributed by atoms with Crippen molar-refractivity contribution in [1.29, 1.82) is 0 Å². The van der Waals surface area contributed by atoms with Crippen molar-refractivity contribution >= 4 is 23.7 Å². The molecule has 0 radical (unpaired) electrons. The highest BCUT2D eigenvalue weighted by Gasteiger charge is 2.35. The number of carbonyl (C=O) groups is 4. The molecule has 10 nitrogen and oxygen atoms in total. The number of carbonyl (C=O) groups excluding carboxylic acids is 3. The number of hydrogen-bond donors (Lipinski definition) is 3. The molecule has 0 bridgehead atoms. The molecule has 2 fully saturated rings. The van der Waals surface area contributed by atoms with Gasteiger partial charge in [0.2, 0.25) is 11.8 Å². The first-order valence-corrected chi connectivity index (χ1v) is 10.3. The Morgan fingerprint density at radius 3 is 2.53 bits per heavy atom. The van der Waals surface area contributed by atoms with Gasteiger partial charge in [-0.2, -0.15) is 0 Å². The van der Waals surface area contributed by atoms with E-state index in [9.17, 15) is 24.3 Å². The van der Waals surface area contributed by atoms with Crippen LogP contribution in [0, 0.1) is 5.92 Å². The predicted octanol–water partition coefficient (Wildman–Crippen LogP) is 0.347. The average Bonchev–Trinajstić information content (AvgIpc) is 3.27. The summed E-state index contributed by atoms with van der Waals surface area (Å²) in [5.41, 5.74) is 0.114. The number of aliphatic carboxylic acids is 1. The van der Waals surface area contributed by atoms with Crippen LogP contribution in [0.4, 0.5) is 0 Å². The van der Waals surface area contributed by atoms with E-state index >= 15 is 0 Å². The molecule has 2 atom stereocenters. The van der Waals surface area contributed by atoms with Crippen LogP contribution in [0.3, 0.4) is 0 Å². The quantitative estimate of drug-likeness (QED) is 0.581. The van der Waals surface area contributed by atoms with Crippen molar-refractivity contribution in [2.75, 3.05) is 13.1 Å². The van der Waals surface area contributed by atoms with Gasteiger partial charge in [-0.15, -0.1) is 0 Å². The van der Waals surface area contributed by atoms with Gasteiger partial charge in [-0.3, -0.25) is 19.4 Å². The van der Waals surface area contributed by atoms with Crippen LogP contribution in [0.2, 0.25) is 0 Å². The van der Waals surface area contributed by atoms with E-state index in [1.54, 1.807) is 0 Å². The number of likely N-dealkylation sites (tertiary alicyclic amines) is 1. The molecule has 3 N–H and O–H groups in total. The summed E-state index contributed by atoms with van der Waals surface area (Å²) in [4.78, 5) is 58.3. The van der Waals surface area contributed by atoms with Gasteiger partial charge in [-0.25, -0.2) is 9.78 Å². The maximum absolute atomic E-state index is 12.9. The van der Waals surface area contributed by atoms with E-state index in [0.29, 0.717) is 19.4 Å². The summed E-state index contributed by atoms with van der Waals surface area (Å²) in [6.07, 6.45) is 9.87. The largest absolute Gasteiger partial charge is 0.480 e. The molecule has 0 aromatic carbocycles. The number of carboxylic acid groups (broad SMARTS) is 1. The van der Waals surface area contributed by atoms with Gasteiger partial charge in [0.25, 0.3) is 5.91 Å².